The minimum atomic E-state index is 0.682. The molecule has 18 heavy (non-hydrogen) atoms. The SMILES string of the molecule is Brc1cnc(-n2cc(Br)cn2)c(CNC2CC2)c1. The lowest BCUT2D eigenvalue weighted by Gasteiger charge is -2.09. The van der Waals surface area contributed by atoms with Gasteiger partial charge in [-0.2, -0.15) is 5.10 Å². The molecule has 0 radical (unpaired) electrons. The summed E-state index contributed by atoms with van der Waals surface area (Å²) in [6.07, 6.45) is 8.04. The van der Waals surface area contributed by atoms with Gasteiger partial charge in [-0.1, -0.05) is 0 Å². The molecule has 1 N–H and O–H groups in total. The van der Waals surface area contributed by atoms with Crippen molar-refractivity contribution >= 4 is 31.9 Å². The van der Waals surface area contributed by atoms with Crippen LogP contribution < -0.4 is 5.32 Å². The second-order valence-corrected chi connectivity index (χ2v) is 6.23. The average Bonchev–Trinajstić information content (AvgIpc) is 3.08. The molecule has 1 aliphatic rings. The predicted molar refractivity (Wildman–Crippen MR) is 76.6 cm³/mol. The Balaban J connectivity index is 1.91. The Morgan fingerprint density at radius 3 is 2.78 bits per heavy atom. The summed E-state index contributed by atoms with van der Waals surface area (Å²) in [5.41, 5.74) is 1.15. The van der Waals surface area contributed by atoms with Gasteiger partial charge in [-0.05, 0) is 50.8 Å². The fourth-order valence-electron chi connectivity index (χ4n) is 1.77. The van der Waals surface area contributed by atoms with E-state index in [2.05, 4.69) is 53.3 Å². The van der Waals surface area contributed by atoms with Crippen LogP contribution in [0.5, 0.6) is 0 Å². The molecule has 0 amide bonds. The van der Waals surface area contributed by atoms with Crippen LogP contribution in [-0.4, -0.2) is 20.8 Å². The fraction of sp³-hybridized carbons (Fsp3) is 0.333. The van der Waals surface area contributed by atoms with Gasteiger partial charge in [0, 0.05) is 35.0 Å². The van der Waals surface area contributed by atoms with E-state index in [1.54, 1.807) is 17.1 Å². The zero-order valence-electron chi connectivity index (χ0n) is 9.61. The van der Waals surface area contributed by atoms with Crippen LogP contribution in [0.4, 0.5) is 0 Å². The molecule has 1 aliphatic carbocycles. The molecular formula is C12H12Br2N4. The quantitative estimate of drug-likeness (QED) is 0.898. The fourth-order valence-corrected chi connectivity index (χ4v) is 2.43. The molecule has 0 saturated heterocycles. The highest BCUT2D eigenvalue weighted by Crippen LogP contribution is 2.22. The Morgan fingerprint density at radius 2 is 2.11 bits per heavy atom. The number of nitrogens with one attached hydrogen (secondary N) is 1. The first-order valence-corrected chi connectivity index (χ1v) is 7.39. The van der Waals surface area contributed by atoms with Crippen molar-refractivity contribution in [2.75, 3.05) is 0 Å². The van der Waals surface area contributed by atoms with Crippen molar-refractivity contribution in [1.82, 2.24) is 20.1 Å². The van der Waals surface area contributed by atoms with Crippen molar-refractivity contribution in [3.8, 4) is 5.82 Å². The zero-order chi connectivity index (χ0) is 12.5. The maximum atomic E-state index is 4.45. The Morgan fingerprint density at radius 1 is 1.28 bits per heavy atom. The second kappa shape index (κ2) is 5.11. The monoisotopic (exact) mass is 370 g/mol. The maximum absolute atomic E-state index is 4.45. The minimum Gasteiger partial charge on any atom is -0.310 e. The summed E-state index contributed by atoms with van der Waals surface area (Å²) in [5.74, 6) is 0.872. The number of pyridine rings is 1. The van der Waals surface area contributed by atoms with Crippen LogP contribution in [-0.2, 0) is 6.54 Å². The number of hydrogen-bond acceptors (Lipinski definition) is 3. The van der Waals surface area contributed by atoms with Crippen molar-refractivity contribution in [2.45, 2.75) is 25.4 Å². The first kappa shape index (κ1) is 12.3. The molecule has 6 heteroatoms. The van der Waals surface area contributed by atoms with E-state index in [1.807, 2.05) is 6.20 Å². The molecule has 1 saturated carbocycles. The smallest absolute Gasteiger partial charge is 0.157 e. The van der Waals surface area contributed by atoms with E-state index in [0.29, 0.717) is 6.04 Å². The number of aromatic nitrogens is 3. The Hall–Kier alpha value is -0.720. The van der Waals surface area contributed by atoms with Crippen molar-refractivity contribution in [3.63, 3.8) is 0 Å². The van der Waals surface area contributed by atoms with Gasteiger partial charge in [0.2, 0.25) is 0 Å². The minimum absolute atomic E-state index is 0.682. The lowest BCUT2D eigenvalue weighted by Crippen LogP contribution is -2.17. The third-order valence-electron chi connectivity index (χ3n) is 2.84. The third kappa shape index (κ3) is 2.81. The maximum Gasteiger partial charge on any atom is 0.157 e. The second-order valence-electron chi connectivity index (χ2n) is 4.39. The lowest BCUT2D eigenvalue weighted by molar-refractivity contribution is 0.676. The molecule has 0 spiro atoms. The van der Waals surface area contributed by atoms with Gasteiger partial charge >= 0.3 is 0 Å². The molecule has 2 aromatic heterocycles. The summed E-state index contributed by atoms with van der Waals surface area (Å²) in [6.45, 7) is 0.823. The van der Waals surface area contributed by atoms with E-state index in [-0.39, 0.29) is 0 Å². The molecule has 0 aromatic carbocycles. The van der Waals surface area contributed by atoms with Gasteiger partial charge in [0.25, 0.3) is 0 Å². The number of halogens is 2. The van der Waals surface area contributed by atoms with Crippen LogP contribution in [0.3, 0.4) is 0 Å². The highest BCUT2D eigenvalue weighted by Gasteiger charge is 2.21. The van der Waals surface area contributed by atoms with Crippen LogP contribution >= 0.6 is 31.9 Å². The first-order chi connectivity index (χ1) is 8.72. The molecule has 2 heterocycles. The lowest BCUT2D eigenvalue weighted by atomic mass is 10.2. The summed E-state index contributed by atoms with van der Waals surface area (Å²) in [4.78, 5) is 4.45. The van der Waals surface area contributed by atoms with Crippen molar-refractivity contribution < 1.29 is 0 Å². The summed E-state index contributed by atoms with van der Waals surface area (Å²) in [7, 11) is 0. The largest absolute Gasteiger partial charge is 0.310 e. The summed E-state index contributed by atoms with van der Waals surface area (Å²) in [6, 6.07) is 2.77. The summed E-state index contributed by atoms with van der Waals surface area (Å²) < 4.78 is 3.74. The van der Waals surface area contributed by atoms with E-state index in [4.69, 9.17) is 0 Å². The van der Waals surface area contributed by atoms with E-state index in [9.17, 15) is 0 Å². The highest BCUT2D eigenvalue weighted by molar-refractivity contribution is 9.10. The molecule has 2 aromatic rings. The van der Waals surface area contributed by atoms with Gasteiger partial charge in [0.1, 0.15) is 0 Å². The number of nitrogens with zero attached hydrogens (tertiary/aromatic N) is 3. The number of hydrogen-bond donors (Lipinski definition) is 1. The van der Waals surface area contributed by atoms with E-state index in [0.717, 1.165) is 26.9 Å². The Bertz CT molecular complexity index is 563. The highest BCUT2D eigenvalue weighted by atomic mass is 79.9. The first-order valence-electron chi connectivity index (χ1n) is 5.81. The molecule has 0 unspecified atom stereocenters. The van der Waals surface area contributed by atoms with Gasteiger partial charge in [-0.25, -0.2) is 9.67 Å². The normalized spacial score (nSPS) is 15.0. The molecule has 94 valence electrons. The van der Waals surface area contributed by atoms with E-state index < -0.39 is 0 Å². The van der Waals surface area contributed by atoms with E-state index >= 15 is 0 Å². The molecule has 1 fully saturated rings. The summed E-state index contributed by atoms with van der Waals surface area (Å²) >= 11 is 6.87. The van der Waals surface area contributed by atoms with Crippen LogP contribution in [0.25, 0.3) is 5.82 Å². The molecule has 0 aliphatic heterocycles. The topological polar surface area (TPSA) is 42.7 Å². The van der Waals surface area contributed by atoms with Gasteiger partial charge in [-0.3, -0.25) is 0 Å². The zero-order valence-corrected chi connectivity index (χ0v) is 12.8. The molecule has 3 rings (SSSR count). The van der Waals surface area contributed by atoms with Crippen molar-refractivity contribution in [2.24, 2.45) is 0 Å². The Labute approximate surface area is 122 Å². The van der Waals surface area contributed by atoms with Crippen LogP contribution in [0.2, 0.25) is 0 Å². The van der Waals surface area contributed by atoms with Gasteiger partial charge in [0.05, 0.1) is 10.7 Å². The molecule has 4 nitrogen and oxygen atoms in total. The number of rotatable bonds is 4. The summed E-state index contributed by atoms with van der Waals surface area (Å²) in [5, 5.41) is 7.79. The van der Waals surface area contributed by atoms with E-state index in [1.165, 1.54) is 12.8 Å². The van der Waals surface area contributed by atoms with Gasteiger partial charge in [-0.15, -0.1) is 0 Å². The van der Waals surface area contributed by atoms with Crippen molar-refractivity contribution in [1.29, 1.82) is 0 Å². The van der Waals surface area contributed by atoms with Crippen LogP contribution in [0.1, 0.15) is 18.4 Å². The molecule has 0 bridgehead atoms. The molecular weight excluding hydrogens is 360 g/mol. The molecule has 0 atom stereocenters. The van der Waals surface area contributed by atoms with Crippen LogP contribution in [0, 0.1) is 0 Å². The Kier molecular flexibility index (Phi) is 3.50. The predicted octanol–water partition coefficient (Wildman–Crippen LogP) is 3.04. The van der Waals surface area contributed by atoms with Gasteiger partial charge in [0.15, 0.2) is 5.82 Å². The van der Waals surface area contributed by atoms with Gasteiger partial charge < -0.3 is 5.32 Å². The average molecular weight is 372 g/mol. The third-order valence-corrected chi connectivity index (χ3v) is 3.68. The van der Waals surface area contributed by atoms with Crippen molar-refractivity contribution in [3.05, 3.63) is 39.2 Å². The van der Waals surface area contributed by atoms with Crippen LogP contribution in [0.15, 0.2) is 33.6 Å². The standard InChI is InChI=1S/C12H12Br2N4/c13-9-3-8(4-15-11-1-2-11)12(16-5-9)18-7-10(14)6-17-18/h3,5-7,11,15H,1-2,4H2.